The quantitative estimate of drug-likeness (QED) is 0.409. The molecule has 1 aromatic heterocycles. The Morgan fingerprint density at radius 2 is 1.70 bits per heavy atom. The standard InChI is InChI=1S/C25H25N3O3S2/c1-4-28(17-19-10-6-5-7-11-19)33(30,31)21-15-13-20(14-16-21)24(29)26-25-27(3)23-18(2)9-8-12-22(23)32-25/h5-16H,4,17H2,1-3H3. The minimum atomic E-state index is -3.69. The van der Waals surface area contributed by atoms with Crippen molar-refractivity contribution >= 4 is 37.5 Å². The number of carbonyl (C=O) groups is 1. The number of aromatic nitrogens is 1. The maximum Gasteiger partial charge on any atom is 0.279 e. The number of aryl methyl sites for hydroxylation is 2. The van der Waals surface area contributed by atoms with Crippen LogP contribution in [0.5, 0.6) is 0 Å². The summed E-state index contributed by atoms with van der Waals surface area (Å²) in [5, 5.41) is 0. The maximum atomic E-state index is 13.1. The Balaban J connectivity index is 1.60. The molecule has 0 N–H and O–H groups in total. The number of thiazole rings is 1. The molecule has 0 radical (unpaired) electrons. The lowest BCUT2D eigenvalue weighted by Crippen LogP contribution is -2.30. The van der Waals surface area contributed by atoms with Crippen molar-refractivity contribution in [3.8, 4) is 0 Å². The Bertz CT molecular complexity index is 1470. The molecular formula is C25H25N3O3S2. The van der Waals surface area contributed by atoms with Crippen molar-refractivity contribution in [2.75, 3.05) is 6.54 Å². The Labute approximate surface area is 197 Å². The summed E-state index contributed by atoms with van der Waals surface area (Å²) in [5.41, 5.74) is 3.42. The van der Waals surface area contributed by atoms with Gasteiger partial charge in [-0.3, -0.25) is 4.79 Å². The van der Waals surface area contributed by atoms with Crippen LogP contribution in [0.15, 0.2) is 82.7 Å². The zero-order valence-electron chi connectivity index (χ0n) is 18.7. The Kier molecular flexibility index (Phi) is 6.60. The minimum Gasteiger partial charge on any atom is -0.319 e. The van der Waals surface area contributed by atoms with Gasteiger partial charge in [0.05, 0.1) is 15.1 Å². The number of fused-ring (bicyclic) bond motifs is 1. The Morgan fingerprint density at radius 3 is 2.33 bits per heavy atom. The van der Waals surface area contributed by atoms with Crippen LogP contribution in [0.25, 0.3) is 10.2 Å². The van der Waals surface area contributed by atoms with Crippen molar-refractivity contribution in [1.29, 1.82) is 0 Å². The van der Waals surface area contributed by atoms with E-state index in [2.05, 4.69) is 4.99 Å². The van der Waals surface area contributed by atoms with Crippen LogP contribution in [0, 0.1) is 6.92 Å². The van der Waals surface area contributed by atoms with Crippen LogP contribution in [0.2, 0.25) is 0 Å². The number of rotatable bonds is 6. The third-order valence-corrected chi connectivity index (χ3v) is 8.55. The normalized spacial score (nSPS) is 12.5. The highest BCUT2D eigenvalue weighted by atomic mass is 32.2. The average Bonchev–Trinajstić information content (AvgIpc) is 3.14. The minimum absolute atomic E-state index is 0.153. The van der Waals surface area contributed by atoms with Gasteiger partial charge < -0.3 is 4.57 Å². The van der Waals surface area contributed by atoms with Gasteiger partial charge in [-0.25, -0.2) is 8.42 Å². The second kappa shape index (κ2) is 9.43. The number of hydrogen-bond acceptors (Lipinski definition) is 4. The van der Waals surface area contributed by atoms with Gasteiger partial charge in [-0.15, -0.1) is 0 Å². The van der Waals surface area contributed by atoms with Gasteiger partial charge in [0.1, 0.15) is 0 Å². The lowest BCUT2D eigenvalue weighted by atomic mass is 10.2. The van der Waals surface area contributed by atoms with Gasteiger partial charge in [0.25, 0.3) is 5.91 Å². The molecule has 0 bridgehead atoms. The molecule has 1 amide bonds. The van der Waals surface area contributed by atoms with E-state index in [1.807, 2.05) is 74.0 Å². The summed E-state index contributed by atoms with van der Waals surface area (Å²) in [7, 11) is -1.80. The molecular weight excluding hydrogens is 454 g/mol. The number of amides is 1. The van der Waals surface area contributed by atoms with E-state index in [1.54, 1.807) is 0 Å². The van der Waals surface area contributed by atoms with Crippen molar-refractivity contribution in [3.63, 3.8) is 0 Å². The first-order valence-corrected chi connectivity index (χ1v) is 12.8. The summed E-state index contributed by atoms with van der Waals surface area (Å²) in [6, 6.07) is 21.5. The van der Waals surface area contributed by atoms with E-state index in [-0.39, 0.29) is 11.4 Å². The van der Waals surface area contributed by atoms with E-state index in [0.717, 1.165) is 21.3 Å². The number of benzene rings is 3. The molecule has 33 heavy (non-hydrogen) atoms. The highest BCUT2D eigenvalue weighted by Gasteiger charge is 2.23. The largest absolute Gasteiger partial charge is 0.319 e. The first-order chi connectivity index (χ1) is 15.8. The van der Waals surface area contributed by atoms with Crippen molar-refractivity contribution in [2.24, 2.45) is 12.0 Å². The predicted octanol–water partition coefficient (Wildman–Crippen LogP) is 4.50. The zero-order valence-corrected chi connectivity index (χ0v) is 20.4. The number of hydrogen-bond donors (Lipinski definition) is 0. The van der Waals surface area contributed by atoms with Crippen molar-refractivity contribution in [2.45, 2.75) is 25.3 Å². The second-order valence-corrected chi connectivity index (χ2v) is 10.7. The maximum absolute atomic E-state index is 13.1. The molecule has 0 aliphatic heterocycles. The molecule has 0 spiro atoms. The van der Waals surface area contributed by atoms with Crippen LogP contribution in [0.4, 0.5) is 0 Å². The van der Waals surface area contributed by atoms with Crippen molar-refractivity contribution < 1.29 is 13.2 Å². The molecule has 0 saturated heterocycles. The van der Waals surface area contributed by atoms with Crippen LogP contribution in [0.3, 0.4) is 0 Å². The second-order valence-electron chi connectivity index (χ2n) is 7.72. The van der Waals surface area contributed by atoms with Gasteiger partial charge in [-0.1, -0.05) is 60.7 Å². The molecule has 0 unspecified atom stereocenters. The third-order valence-electron chi connectivity index (χ3n) is 5.52. The van der Waals surface area contributed by atoms with E-state index < -0.39 is 15.9 Å². The summed E-state index contributed by atoms with van der Waals surface area (Å²) < 4.78 is 30.7. The van der Waals surface area contributed by atoms with E-state index >= 15 is 0 Å². The fourth-order valence-electron chi connectivity index (χ4n) is 3.73. The molecule has 0 saturated carbocycles. The molecule has 0 aliphatic carbocycles. The molecule has 0 fully saturated rings. The zero-order chi connectivity index (χ0) is 23.6. The highest BCUT2D eigenvalue weighted by Crippen LogP contribution is 2.21. The Hall–Kier alpha value is -3.07. The lowest BCUT2D eigenvalue weighted by molar-refractivity contribution is 0.0998. The van der Waals surface area contributed by atoms with Gasteiger partial charge in [-0.05, 0) is 48.4 Å². The molecule has 4 rings (SSSR count). The summed E-state index contributed by atoms with van der Waals surface area (Å²) in [6.07, 6.45) is 0. The molecule has 3 aromatic carbocycles. The molecule has 170 valence electrons. The van der Waals surface area contributed by atoms with Crippen molar-refractivity contribution in [1.82, 2.24) is 8.87 Å². The molecule has 6 nitrogen and oxygen atoms in total. The van der Waals surface area contributed by atoms with Crippen LogP contribution in [-0.4, -0.2) is 29.7 Å². The molecule has 1 heterocycles. The van der Waals surface area contributed by atoms with E-state index in [1.165, 1.54) is 39.9 Å². The van der Waals surface area contributed by atoms with E-state index in [0.29, 0.717) is 16.9 Å². The summed E-state index contributed by atoms with van der Waals surface area (Å²) in [4.78, 5) is 17.8. The fourth-order valence-corrected chi connectivity index (χ4v) is 6.26. The fraction of sp³-hybridized carbons (Fsp3) is 0.200. The van der Waals surface area contributed by atoms with Crippen molar-refractivity contribution in [3.05, 3.63) is 94.3 Å². The lowest BCUT2D eigenvalue weighted by Gasteiger charge is -2.20. The van der Waals surface area contributed by atoms with Crippen LogP contribution < -0.4 is 4.80 Å². The van der Waals surface area contributed by atoms with Gasteiger partial charge in [0.15, 0.2) is 4.80 Å². The third kappa shape index (κ3) is 4.68. The number of nitrogens with zero attached hydrogens (tertiary/aromatic N) is 3. The van der Waals surface area contributed by atoms with E-state index in [9.17, 15) is 13.2 Å². The predicted molar refractivity (Wildman–Crippen MR) is 132 cm³/mol. The van der Waals surface area contributed by atoms with Gasteiger partial charge >= 0.3 is 0 Å². The molecule has 0 aliphatic rings. The number of sulfonamides is 1. The van der Waals surface area contributed by atoms with Crippen LogP contribution >= 0.6 is 11.3 Å². The van der Waals surface area contributed by atoms with E-state index in [4.69, 9.17) is 0 Å². The van der Waals surface area contributed by atoms with Gasteiger partial charge in [0, 0.05) is 25.7 Å². The Morgan fingerprint density at radius 1 is 1.00 bits per heavy atom. The smallest absolute Gasteiger partial charge is 0.279 e. The highest BCUT2D eigenvalue weighted by molar-refractivity contribution is 7.89. The summed E-state index contributed by atoms with van der Waals surface area (Å²) in [6.45, 7) is 4.47. The molecule has 0 atom stereocenters. The summed E-state index contributed by atoms with van der Waals surface area (Å²) >= 11 is 1.45. The first-order valence-electron chi connectivity index (χ1n) is 10.6. The topological polar surface area (TPSA) is 71.7 Å². The van der Waals surface area contributed by atoms with Gasteiger partial charge in [0.2, 0.25) is 10.0 Å². The molecule has 8 heteroatoms. The SMILES string of the molecule is CCN(Cc1ccccc1)S(=O)(=O)c1ccc(C(=O)N=c2sc3cccc(C)c3n2C)cc1. The number of para-hydroxylation sites is 1. The molecule has 4 aromatic rings. The van der Waals surface area contributed by atoms with Crippen LogP contribution in [0.1, 0.15) is 28.4 Å². The van der Waals surface area contributed by atoms with Crippen LogP contribution in [-0.2, 0) is 23.6 Å². The monoisotopic (exact) mass is 479 g/mol. The van der Waals surface area contributed by atoms with Gasteiger partial charge in [-0.2, -0.15) is 9.30 Å². The summed E-state index contributed by atoms with van der Waals surface area (Å²) in [5.74, 6) is -0.407. The average molecular weight is 480 g/mol. The number of carbonyl (C=O) groups excluding carboxylic acids is 1. The first kappa shape index (κ1) is 23.1.